The van der Waals surface area contributed by atoms with Gasteiger partial charge in [0, 0.05) is 6.42 Å². The first-order valence-corrected chi connectivity index (χ1v) is 10.5. The van der Waals surface area contributed by atoms with Gasteiger partial charge >= 0.3 is 0 Å². The fraction of sp³-hybridized carbons (Fsp3) is 0.167. The third kappa shape index (κ3) is 7.15. The number of nitrogens with zero attached hydrogens (tertiary/aromatic N) is 1. The molecule has 0 spiro atoms. The monoisotopic (exact) mass is 482 g/mol. The summed E-state index contributed by atoms with van der Waals surface area (Å²) in [5.74, 6) is 1.48. The lowest BCUT2D eigenvalue weighted by Crippen LogP contribution is -2.24. The van der Waals surface area contributed by atoms with E-state index >= 15 is 0 Å². The van der Waals surface area contributed by atoms with Crippen LogP contribution in [-0.2, 0) is 11.2 Å². The largest absolute Gasteiger partial charge is 0.493 e. The standard InChI is InChI=1S/C24H23BrN2O4/c1-29-23-15-19(11-12-22(23)30-14-13-18-7-3-2-4-8-18)16-26-27-24(28)17-31-21-10-6-5-9-20(21)25/h2-12,15-16H,13-14,17H2,1H3,(H,27,28)/b26-16+. The average molecular weight is 483 g/mol. The number of methoxy groups -OCH3 is 1. The van der Waals surface area contributed by atoms with Gasteiger partial charge in [-0.2, -0.15) is 5.10 Å². The molecule has 0 aliphatic rings. The van der Waals surface area contributed by atoms with E-state index in [9.17, 15) is 4.79 Å². The Morgan fingerprint density at radius 3 is 2.52 bits per heavy atom. The van der Waals surface area contributed by atoms with Gasteiger partial charge in [0.25, 0.3) is 5.91 Å². The van der Waals surface area contributed by atoms with Crippen LogP contribution in [-0.4, -0.2) is 32.4 Å². The number of rotatable bonds is 10. The quantitative estimate of drug-likeness (QED) is 0.338. The summed E-state index contributed by atoms with van der Waals surface area (Å²) in [7, 11) is 1.58. The van der Waals surface area contributed by atoms with Gasteiger partial charge in [-0.15, -0.1) is 0 Å². The molecule has 1 N–H and O–H groups in total. The maximum Gasteiger partial charge on any atom is 0.277 e. The fourth-order valence-corrected chi connectivity index (χ4v) is 3.12. The lowest BCUT2D eigenvalue weighted by molar-refractivity contribution is -0.123. The lowest BCUT2D eigenvalue weighted by Gasteiger charge is -2.11. The molecule has 7 heteroatoms. The number of carbonyl (C=O) groups excluding carboxylic acids is 1. The van der Waals surface area contributed by atoms with Crippen molar-refractivity contribution in [2.24, 2.45) is 5.10 Å². The Hall–Kier alpha value is -3.32. The van der Waals surface area contributed by atoms with Crippen LogP contribution in [0.5, 0.6) is 17.2 Å². The second-order valence-corrected chi connectivity index (χ2v) is 7.36. The van der Waals surface area contributed by atoms with Crippen LogP contribution in [0.25, 0.3) is 0 Å². The van der Waals surface area contributed by atoms with Crippen molar-refractivity contribution in [3.05, 3.63) is 88.4 Å². The second kappa shape index (κ2) is 11.8. The normalized spacial score (nSPS) is 10.6. The Morgan fingerprint density at radius 1 is 0.968 bits per heavy atom. The molecule has 3 aromatic carbocycles. The Balaban J connectivity index is 1.48. The third-order valence-electron chi connectivity index (χ3n) is 4.28. The second-order valence-electron chi connectivity index (χ2n) is 6.51. The minimum absolute atomic E-state index is 0.141. The van der Waals surface area contributed by atoms with E-state index in [2.05, 4.69) is 38.6 Å². The van der Waals surface area contributed by atoms with Gasteiger partial charge in [-0.3, -0.25) is 4.79 Å². The Morgan fingerprint density at radius 2 is 1.74 bits per heavy atom. The van der Waals surface area contributed by atoms with Crippen LogP contribution in [0.2, 0.25) is 0 Å². The summed E-state index contributed by atoms with van der Waals surface area (Å²) in [5, 5.41) is 3.97. The fourth-order valence-electron chi connectivity index (χ4n) is 2.72. The van der Waals surface area contributed by atoms with E-state index in [0.717, 1.165) is 16.5 Å². The predicted molar refractivity (Wildman–Crippen MR) is 124 cm³/mol. The molecule has 6 nitrogen and oxygen atoms in total. The number of hydrazone groups is 1. The Bertz CT molecular complexity index is 1030. The molecule has 0 fully saturated rings. The highest BCUT2D eigenvalue weighted by Gasteiger charge is 2.06. The number of amides is 1. The summed E-state index contributed by atoms with van der Waals surface area (Å²) < 4.78 is 17.5. The SMILES string of the molecule is COc1cc(/C=N/NC(=O)COc2ccccc2Br)ccc1OCCc1ccccc1. The molecule has 160 valence electrons. The summed E-state index contributed by atoms with van der Waals surface area (Å²) in [4.78, 5) is 11.9. The molecule has 3 aromatic rings. The first-order chi connectivity index (χ1) is 15.2. The van der Waals surface area contributed by atoms with E-state index in [1.165, 1.54) is 11.8 Å². The van der Waals surface area contributed by atoms with Crippen molar-refractivity contribution in [3.63, 3.8) is 0 Å². The van der Waals surface area contributed by atoms with E-state index in [1.807, 2.05) is 48.5 Å². The van der Waals surface area contributed by atoms with Gasteiger partial charge in [0.15, 0.2) is 18.1 Å². The molecule has 3 rings (SSSR count). The van der Waals surface area contributed by atoms with E-state index in [1.54, 1.807) is 19.2 Å². The van der Waals surface area contributed by atoms with E-state index in [0.29, 0.717) is 23.9 Å². The summed E-state index contributed by atoms with van der Waals surface area (Å²) in [6.45, 7) is 0.402. The molecule has 0 bridgehead atoms. The molecule has 31 heavy (non-hydrogen) atoms. The van der Waals surface area contributed by atoms with Crippen LogP contribution < -0.4 is 19.6 Å². The van der Waals surface area contributed by atoms with Crippen molar-refractivity contribution in [3.8, 4) is 17.2 Å². The maximum atomic E-state index is 11.9. The number of hydrogen-bond acceptors (Lipinski definition) is 5. The number of nitrogens with one attached hydrogen (secondary N) is 1. The average Bonchev–Trinajstić information content (AvgIpc) is 2.80. The molecular weight excluding hydrogens is 460 g/mol. The lowest BCUT2D eigenvalue weighted by atomic mass is 10.2. The van der Waals surface area contributed by atoms with E-state index in [-0.39, 0.29) is 12.5 Å². The van der Waals surface area contributed by atoms with Crippen molar-refractivity contribution < 1.29 is 19.0 Å². The molecule has 0 unspecified atom stereocenters. The zero-order valence-corrected chi connectivity index (χ0v) is 18.7. The van der Waals surface area contributed by atoms with Crippen molar-refractivity contribution in [1.29, 1.82) is 0 Å². The van der Waals surface area contributed by atoms with Crippen molar-refractivity contribution in [2.75, 3.05) is 20.3 Å². The van der Waals surface area contributed by atoms with Gasteiger partial charge < -0.3 is 14.2 Å². The Kier molecular flexibility index (Phi) is 8.48. The van der Waals surface area contributed by atoms with Gasteiger partial charge in [-0.25, -0.2) is 5.43 Å². The van der Waals surface area contributed by atoms with Crippen LogP contribution in [0.15, 0.2) is 82.4 Å². The molecule has 0 saturated heterocycles. The van der Waals surface area contributed by atoms with Gasteiger partial charge in [0.05, 0.1) is 24.4 Å². The molecule has 0 aliphatic heterocycles. The number of ether oxygens (including phenoxy) is 3. The third-order valence-corrected chi connectivity index (χ3v) is 4.93. The number of halogens is 1. The van der Waals surface area contributed by atoms with Crippen LogP contribution in [0, 0.1) is 0 Å². The van der Waals surface area contributed by atoms with Gasteiger partial charge in [-0.1, -0.05) is 42.5 Å². The molecule has 0 radical (unpaired) electrons. The van der Waals surface area contributed by atoms with Crippen molar-refractivity contribution >= 4 is 28.1 Å². The van der Waals surface area contributed by atoms with E-state index in [4.69, 9.17) is 14.2 Å². The van der Waals surface area contributed by atoms with Gasteiger partial charge in [0.2, 0.25) is 0 Å². The minimum Gasteiger partial charge on any atom is -0.493 e. The molecule has 0 heterocycles. The number of benzene rings is 3. The molecule has 0 atom stereocenters. The minimum atomic E-state index is -0.361. The highest BCUT2D eigenvalue weighted by Crippen LogP contribution is 2.27. The van der Waals surface area contributed by atoms with Gasteiger partial charge in [-0.05, 0) is 57.4 Å². The number of hydrogen-bond donors (Lipinski definition) is 1. The smallest absolute Gasteiger partial charge is 0.277 e. The molecule has 0 aromatic heterocycles. The van der Waals surface area contributed by atoms with Crippen LogP contribution in [0.3, 0.4) is 0 Å². The topological polar surface area (TPSA) is 69.2 Å². The Labute approximate surface area is 190 Å². The van der Waals surface area contributed by atoms with Crippen LogP contribution >= 0.6 is 15.9 Å². The van der Waals surface area contributed by atoms with Gasteiger partial charge in [0.1, 0.15) is 5.75 Å². The predicted octanol–water partition coefficient (Wildman–Crippen LogP) is 4.61. The van der Waals surface area contributed by atoms with Crippen LogP contribution in [0.1, 0.15) is 11.1 Å². The highest BCUT2D eigenvalue weighted by atomic mass is 79.9. The maximum absolute atomic E-state index is 11.9. The highest BCUT2D eigenvalue weighted by molar-refractivity contribution is 9.10. The first kappa shape index (κ1) is 22.4. The molecule has 0 aliphatic carbocycles. The van der Waals surface area contributed by atoms with Crippen molar-refractivity contribution in [2.45, 2.75) is 6.42 Å². The van der Waals surface area contributed by atoms with Crippen LogP contribution in [0.4, 0.5) is 0 Å². The molecular formula is C24H23BrN2O4. The first-order valence-electron chi connectivity index (χ1n) is 9.69. The van der Waals surface area contributed by atoms with Crippen molar-refractivity contribution in [1.82, 2.24) is 5.43 Å². The molecule has 1 amide bonds. The summed E-state index contributed by atoms with van der Waals surface area (Å²) in [6.07, 6.45) is 2.34. The summed E-state index contributed by atoms with van der Waals surface area (Å²) in [5.41, 5.74) is 4.42. The molecule has 0 saturated carbocycles. The number of carbonyl (C=O) groups is 1. The zero-order valence-electron chi connectivity index (χ0n) is 17.1. The summed E-state index contributed by atoms with van der Waals surface area (Å²) >= 11 is 3.37. The number of para-hydroxylation sites is 1. The summed E-state index contributed by atoms with van der Waals surface area (Å²) in [6, 6.07) is 22.9. The van der Waals surface area contributed by atoms with E-state index < -0.39 is 0 Å². The zero-order chi connectivity index (χ0) is 21.9.